The molecule has 25 heavy (non-hydrogen) atoms. The highest BCUT2D eigenvalue weighted by molar-refractivity contribution is 5.89. The number of hydrogen-bond acceptors (Lipinski definition) is 4. The molecule has 0 aliphatic carbocycles. The Hall–Kier alpha value is -2.49. The van der Waals surface area contributed by atoms with Crippen LogP contribution in [-0.2, 0) is 11.2 Å². The summed E-state index contributed by atoms with van der Waals surface area (Å²) in [5, 5.41) is 0. The third-order valence-electron chi connectivity index (χ3n) is 4.76. The van der Waals surface area contributed by atoms with Gasteiger partial charge in [-0.2, -0.15) is 0 Å². The molecular formula is C21H25NO3. The van der Waals surface area contributed by atoms with E-state index >= 15 is 0 Å². The Balaban J connectivity index is 2.10. The summed E-state index contributed by atoms with van der Waals surface area (Å²) in [4.78, 5) is 15.2. The van der Waals surface area contributed by atoms with E-state index in [1.54, 1.807) is 14.2 Å². The molecule has 1 aliphatic heterocycles. The maximum Gasteiger partial charge on any atom is 0.161 e. The lowest BCUT2D eigenvalue weighted by Gasteiger charge is -2.38. The van der Waals surface area contributed by atoms with Crippen molar-refractivity contribution in [3.63, 3.8) is 0 Å². The Morgan fingerprint density at radius 1 is 1.12 bits per heavy atom. The minimum absolute atomic E-state index is 0.250. The molecule has 0 saturated carbocycles. The van der Waals surface area contributed by atoms with Crippen LogP contribution in [0.3, 0.4) is 0 Å². The van der Waals surface area contributed by atoms with E-state index < -0.39 is 0 Å². The van der Waals surface area contributed by atoms with Gasteiger partial charge < -0.3 is 14.4 Å². The van der Waals surface area contributed by atoms with Crippen LogP contribution in [0.1, 0.15) is 36.9 Å². The molecule has 0 saturated heterocycles. The molecule has 0 fully saturated rings. The fourth-order valence-electron chi connectivity index (χ4n) is 3.57. The minimum atomic E-state index is -0.272. The molecule has 0 radical (unpaired) electrons. The second-order valence-corrected chi connectivity index (χ2v) is 6.30. The molecule has 2 aromatic carbocycles. The number of ketones is 1. The predicted octanol–water partition coefficient (Wildman–Crippen LogP) is 4.18. The van der Waals surface area contributed by atoms with Crippen molar-refractivity contribution in [2.45, 2.75) is 32.2 Å². The molecule has 0 bridgehead atoms. The van der Waals surface area contributed by atoms with Crippen LogP contribution in [-0.4, -0.2) is 26.5 Å². The topological polar surface area (TPSA) is 38.8 Å². The molecule has 1 aliphatic rings. The molecule has 132 valence electrons. The van der Waals surface area contributed by atoms with E-state index in [0.29, 0.717) is 12.2 Å². The van der Waals surface area contributed by atoms with Gasteiger partial charge in [-0.15, -0.1) is 0 Å². The number of methoxy groups -OCH3 is 2. The molecule has 0 N–H and O–H groups in total. The van der Waals surface area contributed by atoms with Crippen molar-refractivity contribution in [3.8, 4) is 11.5 Å². The Labute approximate surface area is 149 Å². The molecule has 4 nitrogen and oxygen atoms in total. The molecule has 1 heterocycles. The van der Waals surface area contributed by atoms with Gasteiger partial charge in [-0.05, 0) is 48.2 Å². The Kier molecular flexibility index (Phi) is 5.27. The van der Waals surface area contributed by atoms with Crippen LogP contribution in [0.4, 0.5) is 5.69 Å². The molecule has 2 aromatic rings. The number of nitrogens with zero attached hydrogens (tertiary/aromatic N) is 1. The molecule has 0 unspecified atom stereocenters. The van der Waals surface area contributed by atoms with Crippen molar-refractivity contribution in [1.29, 1.82) is 0 Å². The molecule has 1 atom stereocenters. The van der Waals surface area contributed by atoms with Gasteiger partial charge in [-0.3, -0.25) is 4.79 Å². The Bertz CT molecular complexity index is 742. The molecule has 0 spiro atoms. The van der Waals surface area contributed by atoms with E-state index in [9.17, 15) is 4.79 Å². The number of carbonyl (C=O) groups is 1. The van der Waals surface area contributed by atoms with E-state index in [1.807, 2.05) is 37.3 Å². The standard InChI is InChI=1S/C21H25NO3/c1-4-8-18(23)21-17-14-20(25-3)19(24-2)13-15(17)11-12-22(21)16-9-6-5-7-10-16/h5-7,9-10,13-14,21H,4,8,11-12H2,1-3H3/t21-/m0/s1. The highest BCUT2D eigenvalue weighted by Gasteiger charge is 2.33. The lowest BCUT2D eigenvalue weighted by atomic mass is 9.88. The zero-order chi connectivity index (χ0) is 17.8. The summed E-state index contributed by atoms with van der Waals surface area (Å²) in [5.74, 6) is 1.64. The number of fused-ring (bicyclic) bond motifs is 1. The minimum Gasteiger partial charge on any atom is -0.493 e. The van der Waals surface area contributed by atoms with Gasteiger partial charge >= 0.3 is 0 Å². The number of para-hydroxylation sites is 1. The van der Waals surface area contributed by atoms with Crippen LogP contribution < -0.4 is 14.4 Å². The van der Waals surface area contributed by atoms with Crippen molar-refractivity contribution in [3.05, 3.63) is 53.6 Å². The summed E-state index contributed by atoms with van der Waals surface area (Å²) >= 11 is 0. The first-order valence-electron chi connectivity index (χ1n) is 8.78. The first-order chi connectivity index (χ1) is 12.2. The van der Waals surface area contributed by atoms with E-state index in [4.69, 9.17) is 9.47 Å². The number of carbonyl (C=O) groups excluding carboxylic acids is 1. The predicted molar refractivity (Wildman–Crippen MR) is 99.7 cm³/mol. The average Bonchev–Trinajstić information content (AvgIpc) is 2.66. The van der Waals surface area contributed by atoms with Crippen molar-refractivity contribution in [1.82, 2.24) is 0 Å². The second kappa shape index (κ2) is 7.60. The summed E-state index contributed by atoms with van der Waals surface area (Å²) in [6.07, 6.45) is 2.29. The fourth-order valence-corrected chi connectivity index (χ4v) is 3.57. The number of hydrogen-bond donors (Lipinski definition) is 0. The van der Waals surface area contributed by atoms with Crippen LogP contribution in [0.15, 0.2) is 42.5 Å². The number of ether oxygens (including phenoxy) is 2. The highest BCUT2D eigenvalue weighted by atomic mass is 16.5. The quantitative estimate of drug-likeness (QED) is 0.791. The maximum atomic E-state index is 13.0. The first-order valence-corrected chi connectivity index (χ1v) is 8.78. The fraction of sp³-hybridized carbons (Fsp3) is 0.381. The van der Waals surface area contributed by atoms with Crippen molar-refractivity contribution < 1.29 is 14.3 Å². The van der Waals surface area contributed by atoms with Crippen molar-refractivity contribution in [2.75, 3.05) is 25.7 Å². The largest absolute Gasteiger partial charge is 0.493 e. The first kappa shape index (κ1) is 17.3. The lowest BCUT2D eigenvalue weighted by Crippen LogP contribution is -2.40. The van der Waals surface area contributed by atoms with Gasteiger partial charge in [-0.25, -0.2) is 0 Å². The van der Waals surface area contributed by atoms with Crippen LogP contribution in [0.5, 0.6) is 11.5 Å². The zero-order valence-electron chi connectivity index (χ0n) is 15.1. The van der Waals surface area contributed by atoms with Crippen LogP contribution in [0, 0.1) is 0 Å². The normalized spacial score (nSPS) is 16.3. The van der Waals surface area contributed by atoms with Gasteiger partial charge in [0.1, 0.15) is 6.04 Å². The van der Waals surface area contributed by atoms with Crippen LogP contribution in [0.25, 0.3) is 0 Å². The van der Waals surface area contributed by atoms with Gasteiger partial charge in [0.2, 0.25) is 0 Å². The summed E-state index contributed by atoms with van der Waals surface area (Å²) in [7, 11) is 3.27. The molecule has 0 amide bonds. The summed E-state index contributed by atoms with van der Waals surface area (Å²) < 4.78 is 10.9. The third-order valence-corrected chi connectivity index (χ3v) is 4.76. The summed E-state index contributed by atoms with van der Waals surface area (Å²) in [6, 6.07) is 13.9. The Morgan fingerprint density at radius 3 is 2.44 bits per heavy atom. The second-order valence-electron chi connectivity index (χ2n) is 6.30. The van der Waals surface area contributed by atoms with Crippen molar-refractivity contribution >= 4 is 11.5 Å². The van der Waals surface area contributed by atoms with Gasteiger partial charge in [0.05, 0.1) is 14.2 Å². The van der Waals surface area contributed by atoms with Crippen molar-refractivity contribution in [2.24, 2.45) is 0 Å². The number of benzene rings is 2. The number of Topliss-reactive ketones (excluding diaryl/α,β-unsaturated/α-hetero) is 1. The van der Waals surface area contributed by atoms with E-state index in [2.05, 4.69) is 17.0 Å². The molecule has 4 heteroatoms. The summed E-state index contributed by atoms with van der Waals surface area (Å²) in [6.45, 7) is 2.86. The number of rotatable bonds is 6. The van der Waals surface area contributed by atoms with Gasteiger partial charge in [0.25, 0.3) is 0 Å². The van der Waals surface area contributed by atoms with Gasteiger partial charge in [-0.1, -0.05) is 25.1 Å². The highest BCUT2D eigenvalue weighted by Crippen LogP contribution is 2.40. The van der Waals surface area contributed by atoms with Gasteiger partial charge in [0, 0.05) is 18.7 Å². The lowest BCUT2D eigenvalue weighted by molar-refractivity contribution is -0.120. The van der Waals surface area contributed by atoms with E-state index in [-0.39, 0.29) is 11.8 Å². The SMILES string of the molecule is CCCC(=O)[C@@H]1c2cc(OC)c(OC)cc2CCN1c1ccccc1. The molecular weight excluding hydrogens is 314 g/mol. The average molecular weight is 339 g/mol. The smallest absolute Gasteiger partial charge is 0.161 e. The van der Waals surface area contributed by atoms with Gasteiger partial charge in [0.15, 0.2) is 17.3 Å². The zero-order valence-corrected chi connectivity index (χ0v) is 15.1. The monoisotopic (exact) mass is 339 g/mol. The van der Waals surface area contributed by atoms with E-state index in [0.717, 1.165) is 36.4 Å². The third kappa shape index (κ3) is 3.34. The number of anilines is 1. The van der Waals surface area contributed by atoms with E-state index in [1.165, 1.54) is 5.56 Å². The summed E-state index contributed by atoms with van der Waals surface area (Å²) in [5.41, 5.74) is 3.28. The maximum absolute atomic E-state index is 13.0. The van der Waals surface area contributed by atoms with Crippen LogP contribution in [0.2, 0.25) is 0 Å². The van der Waals surface area contributed by atoms with Crippen LogP contribution >= 0.6 is 0 Å². The molecule has 3 rings (SSSR count). The Morgan fingerprint density at radius 2 is 1.80 bits per heavy atom. The molecule has 0 aromatic heterocycles.